The summed E-state index contributed by atoms with van der Waals surface area (Å²) < 4.78 is 12.1. The number of hydrogen-bond acceptors (Lipinski definition) is 3. The first-order valence-corrected chi connectivity index (χ1v) is 7.20. The molecule has 2 unspecified atom stereocenters. The fourth-order valence-corrected chi connectivity index (χ4v) is 2.51. The zero-order chi connectivity index (χ0) is 13.1. The van der Waals surface area contributed by atoms with Crippen LogP contribution in [0.3, 0.4) is 0 Å². The Morgan fingerprint density at radius 3 is 2.50 bits per heavy atom. The molecule has 1 aromatic carbocycles. The van der Waals surface area contributed by atoms with Gasteiger partial charge in [-0.1, -0.05) is 36.2 Å². The summed E-state index contributed by atoms with van der Waals surface area (Å²) >= 11 is 3.50. The van der Waals surface area contributed by atoms with Gasteiger partial charge in [-0.25, -0.2) is 0 Å². The molecule has 0 saturated heterocycles. The van der Waals surface area contributed by atoms with Gasteiger partial charge in [0.1, 0.15) is 0 Å². The quantitative estimate of drug-likeness (QED) is 0.924. The summed E-state index contributed by atoms with van der Waals surface area (Å²) in [5, 5.41) is 10.3. The van der Waals surface area contributed by atoms with E-state index in [9.17, 15) is 5.11 Å². The van der Waals surface area contributed by atoms with Gasteiger partial charge >= 0.3 is 0 Å². The Labute approximate surface area is 116 Å². The predicted octanol–water partition coefficient (Wildman–Crippen LogP) is 3.69. The van der Waals surface area contributed by atoms with Crippen molar-refractivity contribution in [2.45, 2.75) is 32.8 Å². The molecular formula is C14H19BrO3. The molecule has 1 aromatic rings. The minimum Gasteiger partial charge on any atom is -0.490 e. The number of halogens is 1. The molecule has 2 rings (SSSR count). The summed E-state index contributed by atoms with van der Waals surface area (Å²) in [5.74, 6) is 1.69. The van der Waals surface area contributed by atoms with Crippen LogP contribution in [0, 0.1) is 5.92 Å². The van der Waals surface area contributed by atoms with Crippen molar-refractivity contribution in [3.63, 3.8) is 0 Å². The molecule has 0 saturated carbocycles. The van der Waals surface area contributed by atoms with Crippen molar-refractivity contribution >= 4 is 15.9 Å². The molecular weight excluding hydrogens is 296 g/mol. The molecule has 0 spiro atoms. The average Bonchev–Trinajstić information content (AvgIpc) is 2.60. The smallest absolute Gasteiger partial charge is 0.162 e. The Hall–Kier alpha value is -0.740. The minimum absolute atomic E-state index is 0.214. The molecule has 1 N–H and O–H groups in total. The second-order valence-electron chi connectivity index (χ2n) is 4.70. The fraction of sp³-hybridized carbons (Fsp3) is 0.571. The number of benzene rings is 1. The summed E-state index contributed by atoms with van der Waals surface area (Å²) in [6, 6.07) is 3.78. The molecule has 3 nitrogen and oxygen atoms in total. The molecule has 0 aromatic heterocycles. The van der Waals surface area contributed by atoms with Gasteiger partial charge in [-0.05, 0) is 23.6 Å². The lowest BCUT2D eigenvalue weighted by molar-refractivity contribution is 0.114. The maximum absolute atomic E-state index is 10.3. The van der Waals surface area contributed by atoms with Crippen LogP contribution in [0.1, 0.15) is 38.4 Å². The van der Waals surface area contributed by atoms with Gasteiger partial charge in [0.2, 0.25) is 0 Å². The molecule has 100 valence electrons. The lowest BCUT2D eigenvalue weighted by Gasteiger charge is -2.20. The molecule has 1 aliphatic heterocycles. The summed E-state index contributed by atoms with van der Waals surface area (Å²) in [5.41, 5.74) is 0.869. The lowest BCUT2D eigenvalue weighted by atomic mass is 9.95. The van der Waals surface area contributed by atoms with Gasteiger partial charge in [-0.2, -0.15) is 0 Å². The van der Waals surface area contributed by atoms with E-state index in [0.717, 1.165) is 34.4 Å². The third-order valence-electron chi connectivity index (χ3n) is 3.37. The van der Waals surface area contributed by atoms with E-state index in [0.29, 0.717) is 13.2 Å². The normalized spacial score (nSPS) is 18.0. The SMILES string of the molecule is CCC(C)C(O)c1cc2c(cc1Br)OCCCO2. The summed E-state index contributed by atoms with van der Waals surface area (Å²) in [4.78, 5) is 0. The van der Waals surface area contributed by atoms with E-state index in [4.69, 9.17) is 9.47 Å². The zero-order valence-corrected chi connectivity index (χ0v) is 12.4. The van der Waals surface area contributed by atoms with Gasteiger partial charge in [0, 0.05) is 10.9 Å². The Kier molecular flexibility index (Phi) is 4.51. The van der Waals surface area contributed by atoms with Crippen molar-refractivity contribution in [2.75, 3.05) is 13.2 Å². The van der Waals surface area contributed by atoms with Crippen molar-refractivity contribution in [1.29, 1.82) is 0 Å². The molecule has 0 bridgehead atoms. The van der Waals surface area contributed by atoms with Crippen molar-refractivity contribution < 1.29 is 14.6 Å². The molecule has 1 aliphatic rings. The third-order valence-corrected chi connectivity index (χ3v) is 4.06. The van der Waals surface area contributed by atoms with Crippen LogP contribution >= 0.6 is 15.9 Å². The van der Waals surface area contributed by atoms with Crippen LogP contribution in [0.25, 0.3) is 0 Å². The highest BCUT2D eigenvalue weighted by atomic mass is 79.9. The number of ether oxygens (including phenoxy) is 2. The van der Waals surface area contributed by atoms with Crippen molar-refractivity contribution in [3.05, 3.63) is 22.2 Å². The number of hydrogen-bond donors (Lipinski definition) is 1. The average molecular weight is 315 g/mol. The van der Waals surface area contributed by atoms with E-state index < -0.39 is 6.10 Å². The van der Waals surface area contributed by atoms with Crippen LogP contribution in [0.2, 0.25) is 0 Å². The summed E-state index contributed by atoms with van der Waals surface area (Å²) in [6.07, 6.45) is 1.33. The molecule has 0 amide bonds. The number of fused-ring (bicyclic) bond motifs is 1. The maximum atomic E-state index is 10.3. The number of rotatable bonds is 3. The second-order valence-corrected chi connectivity index (χ2v) is 5.56. The summed E-state index contributed by atoms with van der Waals surface area (Å²) in [7, 11) is 0. The standard InChI is InChI=1S/C14H19BrO3/c1-3-9(2)14(16)10-7-12-13(8-11(10)15)18-6-4-5-17-12/h7-9,14,16H,3-6H2,1-2H3. The van der Waals surface area contributed by atoms with E-state index >= 15 is 0 Å². The largest absolute Gasteiger partial charge is 0.490 e. The van der Waals surface area contributed by atoms with Crippen LogP contribution in [-0.2, 0) is 0 Å². The van der Waals surface area contributed by atoms with Crippen LogP contribution in [0.4, 0.5) is 0 Å². The first-order chi connectivity index (χ1) is 8.63. The van der Waals surface area contributed by atoms with E-state index in [-0.39, 0.29) is 5.92 Å². The Morgan fingerprint density at radius 1 is 1.28 bits per heavy atom. The second kappa shape index (κ2) is 5.93. The Bertz CT molecular complexity index is 420. The van der Waals surface area contributed by atoms with Crippen molar-refractivity contribution in [2.24, 2.45) is 5.92 Å². The van der Waals surface area contributed by atoms with Gasteiger partial charge in [0.05, 0.1) is 19.3 Å². The zero-order valence-electron chi connectivity index (χ0n) is 10.8. The predicted molar refractivity (Wildman–Crippen MR) is 74.2 cm³/mol. The van der Waals surface area contributed by atoms with Crippen LogP contribution in [0.15, 0.2) is 16.6 Å². The van der Waals surface area contributed by atoms with Gasteiger partial charge in [-0.3, -0.25) is 0 Å². The Morgan fingerprint density at radius 2 is 1.89 bits per heavy atom. The van der Waals surface area contributed by atoms with Gasteiger partial charge in [0.25, 0.3) is 0 Å². The topological polar surface area (TPSA) is 38.7 Å². The van der Waals surface area contributed by atoms with Gasteiger partial charge in [-0.15, -0.1) is 0 Å². The highest BCUT2D eigenvalue weighted by Crippen LogP contribution is 2.39. The van der Waals surface area contributed by atoms with Gasteiger partial charge < -0.3 is 14.6 Å². The summed E-state index contributed by atoms with van der Waals surface area (Å²) in [6.45, 7) is 5.45. The van der Waals surface area contributed by atoms with Crippen molar-refractivity contribution in [3.8, 4) is 11.5 Å². The molecule has 0 aliphatic carbocycles. The molecule has 2 atom stereocenters. The van der Waals surface area contributed by atoms with Crippen LogP contribution < -0.4 is 9.47 Å². The monoisotopic (exact) mass is 314 g/mol. The van der Waals surface area contributed by atoms with Crippen LogP contribution in [-0.4, -0.2) is 18.3 Å². The first kappa shape index (κ1) is 13.7. The molecule has 4 heteroatoms. The lowest BCUT2D eigenvalue weighted by Crippen LogP contribution is -2.09. The maximum Gasteiger partial charge on any atom is 0.162 e. The molecule has 1 heterocycles. The van der Waals surface area contributed by atoms with E-state index in [1.54, 1.807) is 0 Å². The number of aliphatic hydroxyl groups excluding tert-OH is 1. The Balaban J connectivity index is 2.34. The number of aliphatic hydroxyl groups is 1. The van der Waals surface area contributed by atoms with E-state index in [1.807, 2.05) is 19.1 Å². The first-order valence-electron chi connectivity index (χ1n) is 6.40. The highest BCUT2D eigenvalue weighted by molar-refractivity contribution is 9.10. The minimum atomic E-state index is -0.485. The molecule has 18 heavy (non-hydrogen) atoms. The highest BCUT2D eigenvalue weighted by Gasteiger charge is 2.21. The molecule has 0 radical (unpaired) electrons. The van der Waals surface area contributed by atoms with Gasteiger partial charge in [0.15, 0.2) is 11.5 Å². The van der Waals surface area contributed by atoms with E-state index in [1.165, 1.54) is 0 Å². The van der Waals surface area contributed by atoms with Crippen LogP contribution in [0.5, 0.6) is 11.5 Å². The molecule has 0 fully saturated rings. The third kappa shape index (κ3) is 2.81. The fourth-order valence-electron chi connectivity index (χ4n) is 1.96. The van der Waals surface area contributed by atoms with Crippen molar-refractivity contribution in [1.82, 2.24) is 0 Å². The van der Waals surface area contributed by atoms with E-state index in [2.05, 4.69) is 22.9 Å².